The lowest BCUT2D eigenvalue weighted by molar-refractivity contribution is -0.140. The predicted octanol–water partition coefficient (Wildman–Crippen LogP) is 4.50. The Kier molecular flexibility index (Phi) is 7.92. The molecule has 0 spiro atoms. The SMILES string of the molecule is CC(C)NC(=O)CCCCN1C(=O)C2CCCCC2N(Cc2ccc(F)cc2Cl)C1=O. The zero-order valence-electron chi connectivity index (χ0n) is 18.2. The summed E-state index contributed by atoms with van der Waals surface area (Å²) in [7, 11) is 0. The summed E-state index contributed by atoms with van der Waals surface area (Å²) in [6, 6.07) is 3.79. The van der Waals surface area contributed by atoms with Crippen LogP contribution in [0.1, 0.15) is 64.4 Å². The summed E-state index contributed by atoms with van der Waals surface area (Å²) in [5, 5.41) is 3.12. The van der Waals surface area contributed by atoms with E-state index in [1.807, 2.05) is 13.8 Å². The van der Waals surface area contributed by atoms with Crippen LogP contribution in [-0.2, 0) is 16.1 Å². The number of amides is 4. The number of hydrogen-bond donors (Lipinski definition) is 1. The summed E-state index contributed by atoms with van der Waals surface area (Å²) >= 11 is 6.21. The van der Waals surface area contributed by atoms with Gasteiger partial charge in [-0.3, -0.25) is 14.5 Å². The zero-order valence-corrected chi connectivity index (χ0v) is 19.0. The number of nitrogens with zero attached hydrogens (tertiary/aromatic N) is 2. The Labute approximate surface area is 188 Å². The number of carbonyl (C=O) groups excluding carboxylic acids is 3. The maximum absolute atomic E-state index is 13.4. The van der Waals surface area contributed by atoms with Gasteiger partial charge in [-0.1, -0.05) is 30.5 Å². The molecule has 170 valence electrons. The molecule has 1 saturated carbocycles. The van der Waals surface area contributed by atoms with Crippen LogP contribution in [0, 0.1) is 11.7 Å². The summed E-state index contributed by atoms with van der Waals surface area (Å²) in [6.45, 7) is 4.36. The van der Waals surface area contributed by atoms with Gasteiger partial charge in [-0.25, -0.2) is 9.18 Å². The topological polar surface area (TPSA) is 69.7 Å². The number of urea groups is 1. The average Bonchev–Trinajstić information content (AvgIpc) is 2.71. The fraction of sp³-hybridized carbons (Fsp3) is 0.609. The van der Waals surface area contributed by atoms with Crippen LogP contribution in [0.3, 0.4) is 0 Å². The highest BCUT2D eigenvalue weighted by molar-refractivity contribution is 6.31. The van der Waals surface area contributed by atoms with Crippen LogP contribution >= 0.6 is 11.6 Å². The van der Waals surface area contributed by atoms with E-state index in [4.69, 9.17) is 11.6 Å². The monoisotopic (exact) mass is 451 g/mol. The fourth-order valence-electron chi connectivity index (χ4n) is 4.54. The Morgan fingerprint density at radius 1 is 1.23 bits per heavy atom. The molecule has 1 aliphatic heterocycles. The molecule has 3 rings (SSSR count). The molecule has 1 saturated heterocycles. The molecule has 1 aromatic rings. The molecule has 1 heterocycles. The van der Waals surface area contributed by atoms with Crippen molar-refractivity contribution < 1.29 is 18.8 Å². The van der Waals surface area contributed by atoms with Gasteiger partial charge in [-0.2, -0.15) is 0 Å². The van der Waals surface area contributed by atoms with Crippen molar-refractivity contribution >= 4 is 29.4 Å². The van der Waals surface area contributed by atoms with Crippen molar-refractivity contribution in [2.45, 2.75) is 77.4 Å². The first-order valence-corrected chi connectivity index (χ1v) is 11.5. The van der Waals surface area contributed by atoms with E-state index < -0.39 is 5.82 Å². The molecular weight excluding hydrogens is 421 g/mol. The number of fused-ring (bicyclic) bond motifs is 1. The minimum Gasteiger partial charge on any atom is -0.354 e. The van der Waals surface area contributed by atoms with Gasteiger partial charge in [0.2, 0.25) is 11.8 Å². The van der Waals surface area contributed by atoms with E-state index in [0.717, 1.165) is 25.7 Å². The van der Waals surface area contributed by atoms with Crippen LogP contribution in [0.25, 0.3) is 0 Å². The molecular formula is C23H31ClFN3O3. The summed E-state index contributed by atoms with van der Waals surface area (Å²) < 4.78 is 13.4. The number of rotatable bonds is 8. The van der Waals surface area contributed by atoms with E-state index in [2.05, 4.69) is 5.32 Å². The minimum atomic E-state index is -0.424. The molecule has 0 bridgehead atoms. The van der Waals surface area contributed by atoms with Gasteiger partial charge in [0.25, 0.3) is 0 Å². The van der Waals surface area contributed by atoms with Crippen LogP contribution in [-0.4, -0.2) is 46.3 Å². The highest BCUT2D eigenvalue weighted by Crippen LogP contribution is 2.36. The Hall–Kier alpha value is -2.15. The van der Waals surface area contributed by atoms with Gasteiger partial charge in [-0.05, 0) is 57.2 Å². The van der Waals surface area contributed by atoms with Crippen molar-refractivity contribution in [3.8, 4) is 0 Å². The number of benzene rings is 1. The first kappa shape index (κ1) is 23.5. The summed E-state index contributed by atoms with van der Waals surface area (Å²) in [6.07, 6.45) is 5.03. The molecule has 0 radical (unpaired) electrons. The van der Waals surface area contributed by atoms with Crippen LogP contribution in [0.2, 0.25) is 5.02 Å². The van der Waals surface area contributed by atoms with Gasteiger partial charge in [0, 0.05) is 36.6 Å². The van der Waals surface area contributed by atoms with Crippen molar-refractivity contribution in [2.75, 3.05) is 6.54 Å². The molecule has 2 unspecified atom stereocenters. The van der Waals surface area contributed by atoms with Crippen LogP contribution in [0.4, 0.5) is 9.18 Å². The average molecular weight is 452 g/mol. The van der Waals surface area contributed by atoms with E-state index in [0.29, 0.717) is 31.4 Å². The van der Waals surface area contributed by atoms with Gasteiger partial charge < -0.3 is 10.2 Å². The third kappa shape index (κ3) is 5.76. The van der Waals surface area contributed by atoms with Gasteiger partial charge in [0.05, 0.1) is 5.92 Å². The molecule has 6 nitrogen and oxygen atoms in total. The Balaban J connectivity index is 1.69. The molecule has 2 fully saturated rings. The molecule has 4 amide bonds. The standard InChI is InChI=1S/C23H31ClFN3O3/c1-15(2)26-21(29)9-5-6-12-27-22(30)18-7-3-4-8-20(18)28(23(27)31)14-16-10-11-17(25)13-19(16)24/h10-11,13,15,18,20H,3-9,12,14H2,1-2H3,(H,26,29). The molecule has 1 aliphatic carbocycles. The van der Waals surface area contributed by atoms with Gasteiger partial charge in [0.15, 0.2) is 0 Å². The van der Waals surface area contributed by atoms with Gasteiger partial charge in [0.1, 0.15) is 5.82 Å². The fourth-order valence-corrected chi connectivity index (χ4v) is 4.76. The maximum atomic E-state index is 13.4. The van der Waals surface area contributed by atoms with E-state index >= 15 is 0 Å². The predicted molar refractivity (Wildman–Crippen MR) is 117 cm³/mol. The number of unbranched alkanes of at least 4 members (excludes halogenated alkanes) is 1. The van der Waals surface area contributed by atoms with E-state index in [1.54, 1.807) is 11.0 Å². The Morgan fingerprint density at radius 2 is 1.97 bits per heavy atom. The number of imide groups is 1. The normalized spacial score (nSPS) is 21.5. The number of carbonyl (C=O) groups is 3. The summed E-state index contributed by atoms with van der Waals surface area (Å²) in [5.41, 5.74) is 0.667. The van der Waals surface area contributed by atoms with Gasteiger partial charge >= 0.3 is 6.03 Å². The van der Waals surface area contributed by atoms with E-state index in [1.165, 1.54) is 17.0 Å². The molecule has 0 aromatic heterocycles. The van der Waals surface area contributed by atoms with Crippen molar-refractivity contribution in [3.63, 3.8) is 0 Å². The molecule has 8 heteroatoms. The number of nitrogens with one attached hydrogen (secondary N) is 1. The van der Waals surface area contributed by atoms with Crippen molar-refractivity contribution in [1.82, 2.24) is 15.1 Å². The van der Waals surface area contributed by atoms with Gasteiger partial charge in [-0.15, -0.1) is 0 Å². The number of halogens is 2. The largest absolute Gasteiger partial charge is 0.354 e. The third-order valence-corrected chi connectivity index (χ3v) is 6.38. The van der Waals surface area contributed by atoms with Crippen LogP contribution in [0.5, 0.6) is 0 Å². The highest BCUT2D eigenvalue weighted by Gasteiger charge is 2.46. The van der Waals surface area contributed by atoms with Crippen molar-refractivity contribution in [2.24, 2.45) is 5.92 Å². The lowest BCUT2D eigenvalue weighted by Gasteiger charge is -2.47. The molecule has 1 aromatic carbocycles. The lowest BCUT2D eigenvalue weighted by Crippen LogP contribution is -2.62. The maximum Gasteiger partial charge on any atom is 0.327 e. The highest BCUT2D eigenvalue weighted by atomic mass is 35.5. The lowest BCUT2D eigenvalue weighted by atomic mass is 9.81. The second kappa shape index (κ2) is 10.4. The first-order chi connectivity index (χ1) is 14.8. The van der Waals surface area contributed by atoms with Crippen LogP contribution in [0.15, 0.2) is 18.2 Å². The smallest absolute Gasteiger partial charge is 0.327 e. The van der Waals surface area contributed by atoms with Crippen molar-refractivity contribution in [1.29, 1.82) is 0 Å². The van der Waals surface area contributed by atoms with Crippen molar-refractivity contribution in [3.05, 3.63) is 34.6 Å². The van der Waals surface area contributed by atoms with E-state index in [-0.39, 0.29) is 47.4 Å². The zero-order chi connectivity index (χ0) is 22.5. The Morgan fingerprint density at radius 3 is 2.68 bits per heavy atom. The third-order valence-electron chi connectivity index (χ3n) is 6.03. The van der Waals surface area contributed by atoms with Crippen LogP contribution < -0.4 is 5.32 Å². The molecule has 31 heavy (non-hydrogen) atoms. The number of hydrogen-bond acceptors (Lipinski definition) is 3. The Bertz CT molecular complexity index is 832. The minimum absolute atomic E-state index is 0.0220. The second-order valence-corrected chi connectivity index (χ2v) is 9.18. The van der Waals surface area contributed by atoms with E-state index in [9.17, 15) is 18.8 Å². The summed E-state index contributed by atoms with van der Waals surface area (Å²) in [4.78, 5) is 41.3. The molecule has 2 atom stereocenters. The second-order valence-electron chi connectivity index (χ2n) is 8.77. The quantitative estimate of drug-likeness (QED) is 0.592. The summed E-state index contributed by atoms with van der Waals surface area (Å²) in [5.74, 6) is -0.767. The molecule has 1 N–H and O–H groups in total. The first-order valence-electron chi connectivity index (χ1n) is 11.1. The molecule has 2 aliphatic rings.